The van der Waals surface area contributed by atoms with Gasteiger partial charge in [0, 0.05) is 18.2 Å². The van der Waals surface area contributed by atoms with Crippen molar-refractivity contribution in [2.24, 2.45) is 0 Å². The summed E-state index contributed by atoms with van der Waals surface area (Å²) in [6, 6.07) is 27.3. The summed E-state index contributed by atoms with van der Waals surface area (Å²) in [6.45, 7) is 2.63. The van der Waals surface area contributed by atoms with Gasteiger partial charge >= 0.3 is 0 Å². The number of aryl methyl sites for hydroxylation is 1. The number of nitrogens with zero attached hydrogens (tertiary/aromatic N) is 3. The van der Waals surface area contributed by atoms with Gasteiger partial charge < -0.3 is 5.32 Å². The molecule has 5 rings (SSSR count). The zero-order valence-electron chi connectivity index (χ0n) is 16.5. The molecule has 5 heteroatoms. The number of aromatic nitrogens is 3. The third-order valence-electron chi connectivity index (χ3n) is 4.97. The van der Waals surface area contributed by atoms with E-state index in [9.17, 15) is 0 Å². The molecule has 30 heavy (non-hydrogen) atoms. The first-order valence-corrected chi connectivity index (χ1v) is 10.7. The predicted octanol–water partition coefficient (Wildman–Crippen LogP) is 6.34. The van der Waals surface area contributed by atoms with Gasteiger partial charge in [-0.1, -0.05) is 54.6 Å². The van der Waals surface area contributed by atoms with E-state index in [-0.39, 0.29) is 0 Å². The van der Waals surface area contributed by atoms with E-state index in [0.717, 1.165) is 33.1 Å². The fraction of sp³-hybridized carbons (Fsp3) is 0.0800. The van der Waals surface area contributed by atoms with Crippen molar-refractivity contribution in [2.75, 3.05) is 5.32 Å². The third-order valence-corrected chi connectivity index (χ3v) is 5.76. The maximum atomic E-state index is 4.64. The maximum absolute atomic E-state index is 4.64. The van der Waals surface area contributed by atoms with Gasteiger partial charge in [-0.2, -0.15) is 0 Å². The molecular weight excluding hydrogens is 388 g/mol. The minimum atomic E-state index is 0.699. The van der Waals surface area contributed by atoms with E-state index >= 15 is 0 Å². The molecule has 0 aliphatic carbocycles. The molecule has 0 spiro atoms. The van der Waals surface area contributed by atoms with Crippen molar-refractivity contribution in [2.45, 2.75) is 13.5 Å². The zero-order chi connectivity index (χ0) is 20.3. The van der Waals surface area contributed by atoms with E-state index < -0.39 is 0 Å². The van der Waals surface area contributed by atoms with Gasteiger partial charge in [0.15, 0.2) is 0 Å². The molecule has 0 atom stereocenters. The van der Waals surface area contributed by atoms with Crippen molar-refractivity contribution in [3.8, 4) is 22.4 Å². The van der Waals surface area contributed by atoms with Crippen molar-refractivity contribution in [3.05, 3.63) is 95.8 Å². The van der Waals surface area contributed by atoms with Gasteiger partial charge in [0.2, 0.25) is 0 Å². The molecule has 3 aromatic carbocycles. The van der Waals surface area contributed by atoms with Crippen LogP contribution in [0.3, 0.4) is 0 Å². The van der Waals surface area contributed by atoms with E-state index in [0.29, 0.717) is 6.54 Å². The number of anilines is 1. The number of fused-ring (bicyclic) bond motifs is 1. The first-order valence-electron chi connectivity index (χ1n) is 9.82. The van der Waals surface area contributed by atoms with Crippen LogP contribution in [-0.4, -0.2) is 15.0 Å². The largest absolute Gasteiger partial charge is 0.366 e. The van der Waals surface area contributed by atoms with Crippen molar-refractivity contribution in [1.29, 1.82) is 0 Å². The first-order chi connectivity index (χ1) is 14.7. The van der Waals surface area contributed by atoms with E-state index in [1.165, 1.54) is 16.7 Å². The van der Waals surface area contributed by atoms with Gasteiger partial charge in [0.1, 0.15) is 11.6 Å². The molecule has 0 saturated heterocycles. The Morgan fingerprint density at radius 1 is 0.800 bits per heavy atom. The molecule has 146 valence electrons. The lowest BCUT2D eigenvalue weighted by Crippen LogP contribution is -2.04. The summed E-state index contributed by atoms with van der Waals surface area (Å²) in [5.74, 6) is 1.57. The summed E-state index contributed by atoms with van der Waals surface area (Å²) in [6.07, 6.45) is 0. The van der Waals surface area contributed by atoms with E-state index in [4.69, 9.17) is 0 Å². The first kappa shape index (κ1) is 18.5. The molecule has 0 unspecified atom stereocenters. The summed E-state index contributed by atoms with van der Waals surface area (Å²) in [7, 11) is 0. The summed E-state index contributed by atoms with van der Waals surface area (Å²) < 4.78 is 1.16. The fourth-order valence-corrected chi connectivity index (χ4v) is 4.22. The average molecular weight is 409 g/mol. The molecule has 5 aromatic rings. The van der Waals surface area contributed by atoms with E-state index in [2.05, 4.69) is 80.9 Å². The van der Waals surface area contributed by atoms with Crippen LogP contribution in [0.2, 0.25) is 0 Å². The lowest BCUT2D eigenvalue weighted by molar-refractivity contribution is 1.03. The second-order valence-electron chi connectivity index (χ2n) is 7.14. The molecule has 2 aromatic heterocycles. The number of thiazole rings is 1. The third kappa shape index (κ3) is 3.93. The number of hydrogen-bond acceptors (Lipinski definition) is 5. The molecule has 0 radical (unpaired) electrons. The van der Waals surface area contributed by atoms with Gasteiger partial charge in [-0.3, -0.25) is 0 Å². The maximum Gasteiger partial charge on any atom is 0.130 e. The highest BCUT2D eigenvalue weighted by molar-refractivity contribution is 7.16. The van der Waals surface area contributed by atoms with Crippen LogP contribution in [0.15, 0.2) is 84.4 Å². The quantitative estimate of drug-likeness (QED) is 0.369. The highest BCUT2D eigenvalue weighted by Gasteiger charge is 2.07. The van der Waals surface area contributed by atoms with Gasteiger partial charge in [-0.25, -0.2) is 15.0 Å². The summed E-state index contributed by atoms with van der Waals surface area (Å²) in [4.78, 5) is 13.6. The van der Waals surface area contributed by atoms with Crippen LogP contribution in [0.25, 0.3) is 32.6 Å². The minimum absolute atomic E-state index is 0.699. The molecular formula is C25H20N4S. The number of hydrogen-bond donors (Lipinski definition) is 1. The number of benzene rings is 3. The molecule has 4 nitrogen and oxygen atoms in total. The summed E-state index contributed by atoms with van der Waals surface area (Å²) >= 11 is 1.64. The fourth-order valence-electron chi connectivity index (χ4n) is 3.50. The second kappa shape index (κ2) is 8.05. The average Bonchev–Trinajstić information content (AvgIpc) is 3.26. The number of rotatable bonds is 5. The molecule has 0 aliphatic heterocycles. The van der Waals surface area contributed by atoms with Crippen LogP contribution < -0.4 is 5.32 Å². The predicted molar refractivity (Wildman–Crippen MR) is 125 cm³/mol. The normalized spacial score (nSPS) is 11.0. The Kier molecular flexibility index (Phi) is 4.95. The van der Waals surface area contributed by atoms with Crippen LogP contribution in [-0.2, 0) is 6.54 Å². The Bertz CT molecular complexity index is 1310. The smallest absolute Gasteiger partial charge is 0.130 e. The van der Waals surface area contributed by atoms with Gasteiger partial charge in [-0.15, -0.1) is 11.3 Å². The van der Waals surface area contributed by atoms with Gasteiger partial charge in [0.25, 0.3) is 0 Å². The Morgan fingerprint density at radius 2 is 1.67 bits per heavy atom. The summed E-state index contributed by atoms with van der Waals surface area (Å²) in [5, 5.41) is 3.46. The van der Waals surface area contributed by atoms with Crippen LogP contribution in [0, 0.1) is 6.92 Å². The molecule has 0 aliphatic rings. The standard InChI is InChI=1S/C25H20N4S/c1-17-28-23(21-10-11-22-24(13-21)30-16-27-22)14-25(29-17)26-15-18-6-5-9-20(12-18)19-7-3-2-4-8-19/h2-14,16H,15H2,1H3,(H,26,28,29). The molecule has 0 amide bonds. The lowest BCUT2D eigenvalue weighted by Gasteiger charge is -2.10. The molecule has 0 fully saturated rings. The topological polar surface area (TPSA) is 50.7 Å². The Hall–Kier alpha value is -3.57. The Morgan fingerprint density at radius 3 is 2.57 bits per heavy atom. The summed E-state index contributed by atoms with van der Waals surface area (Å²) in [5.41, 5.74) is 8.53. The van der Waals surface area contributed by atoms with Crippen molar-refractivity contribution in [1.82, 2.24) is 15.0 Å². The van der Waals surface area contributed by atoms with Crippen molar-refractivity contribution in [3.63, 3.8) is 0 Å². The van der Waals surface area contributed by atoms with Gasteiger partial charge in [-0.05, 0) is 41.8 Å². The lowest BCUT2D eigenvalue weighted by atomic mass is 10.0. The van der Waals surface area contributed by atoms with Crippen molar-refractivity contribution >= 4 is 27.4 Å². The highest BCUT2D eigenvalue weighted by Crippen LogP contribution is 2.27. The van der Waals surface area contributed by atoms with E-state index in [1.807, 2.05) is 30.6 Å². The zero-order valence-corrected chi connectivity index (χ0v) is 17.4. The van der Waals surface area contributed by atoms with Crippen LogP contribution in [0.4, 0.5) is 5.82 Å². The molecule has 0 saturated carbocycles. The highest BCUT2D eigenvalue weighted by atomic mass is 32.1. The van der Waals surface area contributed by atoms with Crippen LogP contribution in [0.1, 0.15) is 11.4 Å². The van der Waals surface area contributed by atoms with Crippen LogP contribution in [0.5, 0.6) is 0 Å². The second-order valence-corrected chi connectivity index (χ2v) is 8.03. The Labute approximate surface area is 179 Å². The molecule has 0 bridgehead atoms. The minimum Gasteiger partial charge on any atom is -0.366 e. The van der Waals surface area contributed by atoms with E-state index in [1.54, 1.807) is 11.3 Å². The SMILES string of the molecule is Cc1nc(NCc2cccc(-c3ccccc3)c2)cc(-c2ccc3ncsc3c2)n1. The van der Waals surface area contributed by atoms with Crippen LogP contribution >= 0.6 is 11.3 Å². The van der Waals surface area contributed by atoms with Gasteiger partial charge in [0.05, 0.1) is 21.4 Å². The Balaban J connectivity index is 1.38. The number of nitrogens with one attached hydrogen (secondary N) is 1. The molecule has 2 heterocycles. The monoisotopic (exact) mass is 408 g/mol. The molecule has 1 N–H and O–H groups in total. The van der Waals surface area contributed by atoms with Crippen molar-refractivity contribution < 1.29 is 0 Å².